The van der Waals surface area contributed by atoms with Crippen LogP contribution in [0.3, 0.4) is 0 Å². The highest BCUT2D eigenvalue weighted by atomic mass is 16.5. The molecule has 138 valence electrons. The number of hydrogen-bond acceptors (Lipinski definition) is 4. The molecule has 0 saturated heterocycles. The second kappa shape index (κ2) is 9.61. The summed E-state index contributed by atoms with van der Waals surface area (Å²) < 4.78 is 10.3. The molecule has 0 radical (unpaired) electrons. The van der Waals surface area contributed by atoms with Crippen molar-refractivity contribution in [2.75, 3.05) is 13.7 Å². The van der Waals surface area contributed by atoms with Gasteiger partial charge in [-0.25, -0.2) is 4.79 Å². The molecule has 2 aromatic carbocycles. The first kappa shape index (κ1) is 19.5. The van der Waals surface area contributed by atoms with E-state index in [0.717, 1.165) is 11.1 Å². The van der Waals surface area contributed by atoms with Gasteiger partial charge < -0.3 is 14.8 Å². The number of hydrogen-bond donors (Lipinski definition) is 1. The van der Waals surface area contributed by atoms with Gasteiger partial charge in [0.25, 0.3) is 5.91 Å². The lowest BCUT2D eigenvalue weighted by Gasteiger charge is -2.18. The monoisotopic (exact) mass is 355 g/mol. The fraction of sp³-hybridized carbons (Fsp3) is 0.333. The third-order valence-electron chi connectivity index (χ3n) is 3.86. The molecular weight excluding hydrogens is 330 g/mol. The summed E-state index contributed by atoms with van der Waals surface area (Å²) in [7, 11) is 1.31. The molecular formula is C21H25NO4. The Kier molecular flexibility index (Phi) is 7.21. The van der Waals surface area contributed by atoms with E-state index < -0.39 is 12.0 Å². The lowest BCUT2D eigenvalue weighted by atomic mass is 10.0. The van der Waals surface area contributed by atoms with E-state index in [0.29, 0.717) is 12.2 Å². The number of esters is 1. The van der Waals surface area contributed by atoms with Crippen molar-refractivity contribution in [3.63, 3.8) is 0 Å². The van der Waals surface area contributed by atoms with Crippen LogP contribution in [0.15, 0.2) is 54.6 Å². The predicted molar refractivity (Wildman–Crippen MR) is 101 cm³/mol. The number of methoxy groups -OCH3 is 1. The van der Waals surface area contributed by atoms with E-state index in [1.807, 2.05) is 68.4 Å². The summed E-state index contributed by atoms with van der Waals surface area (Å²) in [5, 5.41) is 2.67. The first-order chi connectivity index (χ1) is 12.5. The molecule has 0 saturated carbocycles. The summed E-state index contributed by atoms with van der Waals surface area (Å²) >= 11 is 0. The Hall–Kier alpha value is -2.82. The summed E-state index contributed by atoms with van der Waals surface area (Å²) in [5.41, 5.74) is 2.19. The fourth-order valence-electron chi connectivity index (χ4n) is 2.59. The highest BCUT2D eigenvalue weighted by Gasteiger charge is 2.22. The van der Waals surface area contributed by atoms with Gasteiger partial charge in [-0.2, -0.15) is 0 Å². The van der Waals surface area contributed by atoms with E-state index in [4.69, 9.17) is 9.47 Å². The largest absolute Gasteiger partial charge is 0.484 e. The summed E-state index contributed by atoms with van der Waals surface area (Å²) in [4.78, 5) is 23.8. The van der Waals surface area contributed by atoms with Crippen molar-refractivity contribution in [1.29, 1.82) is 0 Å². The smallest absolute Gasteiger partial charge is 0.328 e. The van der Waals surface area contributed by atoms with E-state index in [-0.39, 0.29) is 18.4 Å². The standard InChI is InChI=1S/C21H25NO4/c1-15(2)13-19(21(24)25-3)22-20(23)14-26-18-11-9-17(10-12-18)16-7-5-4-6-8-16/h4-12,15,19H,13-14H2,1-3H3,(H,22,23)/t19-/m1/s1. The van der Waals surface area contributed by atoms with E-state index in [9.17, 15) is 9.59 Å². The van der Waals surface area contributed by atoms with Crippen LogP contribution in [0.4, 0.5) is 0 Å². The van der Waals surface area contributed by atoms with Gasteiger partial charge in [0.15, 0.2) is 6.61 Å². The molecule has 0 fully saturated rings. The Balaban J connectivity index is 1.89. The quantitative estimate of drug-likeness (QED) is 0.737. The first-order valence-electron chi connectivity index (χ1n) is 8.65. The molecule has 0 spiro atoms. The van der Waals surface area contributed by atoms with E-state index in [1.165, 1.54) is 7.11 Å². The normalized spacial score (nSPS) is 11.7. The van der Waals surface area contributed by atoms with Gasteiger partial charge in [0.2, 0.25) is 0 Å². The van der Waals surface area contributed by atoms with Crippen LogP contribution in [0, 0.1) is 5.92 Å². The fourth-order valence-corrected chi connectivity index (χ4v) is 2.59. The van der Waals surface area contributed by atoms with Crippen LogP contribution in [0.2, 0.25) is 0 Å². The Morgan fingerprint density at radius 3 is 2.15 bits per heavy atom. The lowest BCUT2D eigenvalue weighted by Crippen LogP contribution is -2.44. The minimum absolute atomic E-state index is 0.156. The molecule has 0 bridgehead atoms. The Morgan fingerprint density at radius 1 is 0.962 bits per heavy atom. The number of benzene rings is 2. The zero-order chi connectivity index (χ0) is 18.9. The van der Waals surface area contributed by atoms with Gasteiger partial charge in [-0.15, -0.1) is 0 Å². The molecule has 0 heterocycles. The maximum absolute atomic E-state index is 12.1. The van der Waals surface area contributed by atoms with E-state index >= 15 is 0 Å². The zero-order valence-electron chi connectivity index (χ0n) is 15.4. The highest BCUT2D eigenvalue weighted by molar-refractivity contribution is 5.85. The summed E-state index contributed by atoms with van der Waals surface area (Å²) in [6, 6.07) is 16.9. The Bertz CT molecular complexity index is 711. The lowest BCUT2D eigenvalue weighted by molar-refractivity contribution is -0.145. The topological polar surface area (TPSA) is 64.6 Å². The van der Waals surface area contributed by atoms with Crippen LogP contribution in [-0.4, -0.2) is 31.6 Å². The minimum Gasteiger partial charge on any atom is -0.484 e. The van der Waals surface area contributed by atoms with Crippen molar-refractivity contribution >= 4 is 11.9 Å². The molecule has 0 unspecified atom stereocenters. The molecule has 1 atom stereocenters. The SMILES string of the molecule is COC(=O)[C@@H](CC(C)C)NC(=O)COc1ccc(-c2ccccc2)cc1. The van der Waals surface area contributed by atoms with Crippen LogP contribution < -0.4 is 10.1 Å². The number of amides is 1. The van der Waals surface area contributed by atoms with Crippen molar-refractivity contribution in [3.05, 3.63) is 54.6 Å². The molecule has 2 rings (SSSR count). The number of nitrogens with one attached hydrogen (secondary N) is 1. The molecule has 0 aliphatic rings. The summed E-state index contributed by atoms with van der Waals surface area (Å²) in [6.07, 6.45) is 0.518. The average Bonchev–Trinajstić information content (AvgIpc) is 2.66. The van der Waals surface area contributed by atoms with Crippen LogP contribution in [0.25, 0.3) is 11.1 Å². The molecule has 1 N–H and O–H groups in total. The maximum atomic E-state index is 12.1. The Morgan fingerprint density at radius 2 is 1.58 bits per heavy atom. The molecule has 0 aliphatic heterocycles. The summed E-state index contributed by atoms with van der Waals surface area (Å²) in [5.74, 6) is 0.0524. The first-order valence-corrected chi connectivity index (χ1v) is 8.65. The van der Waals surface area contributed by atoms with Gasteiger partial charge in [0, 0.05) is 0 Å². The number of carbonyl (C=O) groups is 2. The summed E-state index contributed by atoms with van der Waals surface area (Å²) in [6.45, 7) is 3.80. The minimum atomic E-state index is -0.656. The highest BCUT2D eigenvalue weighted by Crippen LogP contribution is 2.22. The van der Waals surface area contributed by atoms with Gasteiger partial charge in [0.05, 0.1) is 7.11 Å². The van der Waals surface area contributed by atoms with Crippen LogP contribution >= 0.6 is 0 Å². The molecule has 2 aromatic rings. The van der Waals surface area contributed by atoms with Gasteiger partial charge in [-0.05, 0) is 35.6 Å². The van der Waals surface area contributed by atoms with Gasteiger partial charge in [-0.1, -0.05) is 56.3 Å². The maximum Gasteiger partial charge on any atom is 0.328 e. The molecule has 5 nitrogen and oxygen atoms in total. The molecule has 1 amide bonds. The second-order valence-corrected chi connectivity index (χ2v) is 6.45. The average molecular weight is 355 g/mol. The predicted octanol–water partition coefficient (Wildman–Crippen LogP) is 3.44. The van der Waals surface area contributed by atoms with Crippen molar-refractivity contribution in [3.8, 4) is 16.9 Å². The Labute approximate surface area is 154 Å². The molecule has 0 aromatic heterocycles. The number of rotatable bonds is 8. The van der Waals surface area contributed by atoms with Crippen molar-refractivity contribution in [2.45, 2.75) is 26.3 Å². The third kappa shape index (κ3) is 5.92. The van der Waals surface area contributed by atoms with Crippen molar-refractivity contribution in [1.82, 2.24) is 5.32 Å². The second-order valence-electron chi connectivity index (χ2n) is 6.45. The van der Waals surface area contributed by atoms with Crippen molar-refractivity contribution < 1.29 is 19.1 Å². The van der Waals surface area contributed by atoms with Gasteiger partial charge in [-0.3, -0.25) is 4.79 Å². The molecule has 26 heavy (non-hydrogen) atoms. The third-order valence-corrected chi connectivity index (χ3v) is 3.86. The van der Waals surface area contributed by atoms with Crippen molar-refractivity contribution in [2.24, 2.45) is 5.92 Å². The van der Waals surface area contributed by atoms with E-state index in [1.54, 1.807) is 0 Å². The number of ether oxygens (including phenoxy) is 2. The van der Waals surface area contributed by atoms with Gasteiger partial charge >= 0.3 is 5.97 Å². The number of carbonyl (C=O) groups excluding carboxylic acids is 2. The molecule has 0 aliphatic carbocycles. The van der Waals surface area contributed by atoms with Gasteiger partial charge in [0.1, 0.15) is 11.8 Å². The molecule has 5 heteroatoms. The van der Waals surface area contributed by atoms with Crippen LogP contribution in [0.1, 0.15) is 20.3 Å². The zero-order valence-corrected chi connectivity index (χ0v) is 15.4. The van der Waals surface area contributed by atoms with Crippen LogP contribution in [-0.2, 0) is 14.3 Å². The van der Waals surface area contributed by atoms with Crippen LogP contribution in [0.5, 0.6) is 5.75 Å². The van der Waals surface area contributed by atoms with E-state index in [2.05, 4.69) is 5.32 Å².